The minimum Gasteiger partial charge on any atom is -0.457 e. The molecule has 9 aromatic carbocycles. The van der Waals surface area contributed by atoms with Gasteiger partial charge in [-0.25, -0.2) is 0 Å². The molecule has 0 bridgehead atoms. The number of hydrogen-bond donors (Lipinski definition) is 0. The van der Waals surface area contributed by atoms with Gasteiger partial charge < -0.3 is 4.74 Å². The van der Waals surface area contributed by atoms with E-state index in [1.807, 2.05) is 0 Å². The maximum Gasteiger partial charge on any atom is 0.132 e. The van der Waals surface area contributed by atoms with Crippen LogP contribution in [0.25, 0.3) is 55.3 Å². The second-order valence-electron chi connectivity index (χ2n) is 15.4. The van der Waals surface area contributed by atoms with E-state index in [0.717, 1.165) is 11.5 Å². The van der Waals surface area contributed by atoms with Crippen molar-refractivity contribution in [1.29, 1.82) is 0 Å². The minimum absolute atomic E-state index is 0.458. The molecule has 3 aliphatic carbocycles. The van der Waals surface area contributed by atoms with E-state index in [1.54, 1.807) is 0 Å². The first-order valence-corrected chi connectivity index (χ1v) is 19.3. The van der Waals surface area contributed by atoms with E-state index in [4.69, 9.17) is 4.74 Å². The van der Waals surface area contributed by atoms with Crippen molar-refractivity contribution >= 4 is 10.8 Å². The smallest absolute Gasteiger partial charge is 0.132 e. The Morgan fingerprint density at radius 1 is 0.273 bits per heavy atom. The number of ether oxygens (including phenoxy) is 1. The van der Waals surface area contributed by atoms with E-state index >= 15 is 0 Å². The molecule has 0 saturated carbocycles. The van der Waals surface area contributed by atoms with Gasteiger partial charge >= 0.3 is 0 Å². The molecule has 1 unspecified atom stereocenters. The Kier molecular flexibility index (Phi) is 5.56. The largest absolute Gasteiger partial charge is 0.457 e. The van der Waals surface area contributed by atoms with Crippen LogP contribution >= 0.6 is 0 Å². The van der Waals surface area contributed by atoms with E-state index in [9.17, 15) is 0 Å². The number of fused-ring (bicyclic) bond motifs is 20. The number of benzene rings is 9. The summed E-state index contributed by atoms with van der Waals surface area (Å²) >= 11 is 0. The Morgan fingerprint density at radius 3 is 1.44 bits per heavy atom. The lowest BCUT2D eigenvalue weighted by molar-refractivity contribution is 0.437. The van der Waals surface area contributed by atoms with Crippen molar-refractivity contribution in [2.24, 2.45) is 0 Å². The number of hydrogen-bond acceptors (Lipinski definition) is 1. The Bertz CT molecular complexity index is 3100. The highest BCUT2D eigenvalue weighted by Crippen LogP contribution is 2.67. The number of rotatable bonds is 1. The predicted octanol–water partition coefficient (Wildman–Crippen LogP) is 13.3. The van der Waals surface area contributed by atoms with Crippen molar-refractivity contribution in [3.05, 3.63) is 239 Å². The third-order valence-electron chi connectivity index (χ3n) is 13.1. The van der Waals surface area contributed by atoms with E-state index in [2.05, 4.69) is 194 Å². The van der Waals surface area contributed by atoms with E-state index < -0.39 is 10.8 Å². The van der Waals surface area contributed by atoms with Gasteiger partial charge in [0.15, 0.2) is 0 Å². The maximum atomic E-state index is 6.97. The van der Waals surface area contributed by atoms with Crippen LogP contribution in [0.4, 0.5) is 0 Å². The summed E-state index contributed by atoms with van der Waals surface area (Å²) in [6.07, 6.45) is 0. The van der Waals surface area contributed by atoms with Crippen LogP contribution in [0.3, 0.4) is 0 Å². The molecule has 1 atom stereocenters. The molecule has 0 N–H and O–H groups in total. The molecule has 1 heterocycles. The molecule has 1 aliphatic heterocycles. The van der Waals surface area contributed by atoms with Gasteiger partial charge in [-0.3, -0.25) is 0 Å². The summed E-state index contributed by atoms with van der Waals surface area (Å²) in [5.74, 6) is 1.82. The Labute approximate surface area is 319 Å². The fraction of sp³-hybridized carbons (Fsp3) is 0.0370. The Morgan fingerprint density at radius 2 is 0.727 bits per heavy atom. The fourth-order valence-corrected chi connectivity index (χ4v) is 11.2. The van der Waals surface area contributed by atoms with E-state index in [1.165, 1.54) is 99.8 Å². The molecule has 4 aliphatic rings. The van der Waals surface area contributed by atoms with Gasteiger partial charge in [-0.1, -0.05) is 170 Å². The molecule has 1 heteroatoms. The highest BCUT2D eigenvalue weighted by Gasteiger charge is 2.55. The van der Waals surface area contributed by atoms with Crippen molar-refractivity contribution in [3.8, 4) is 56.0 Å². The van der Waals surface area contributed by atoms with Gasteiger partial charge in [0.05, 0.1) is 10.8 Å². The molecular formula is C54H32O. The fourth-order valence-electron chi connectivity index (χ4n) is 11.2. The Balaban J connectivity index is 1.17. The monoisotopic (exact) mass is 696 g/mol. The van der Waals surface area contributed by atoms with Crippen LogP contribution in [0.1, 0.15) is 44.5 Å². The van der Waals surface area contributed by atoms with Gasteiger partial charge in [0, 0.05) is 11.1 Å². The molecule has 2 spiro atoms. The molecular weight excluding hydrogens is 665 g/mol. The maximum absolute atomic E-state index is 6.97. The summed E-state index contributed by atoms with van der Waals surface area (Å²) in [5.41, 5.74) is 19.6. The minimum atomic E-state index is -0.571. The topological polar surface area (TPSA) is 9.23 Å². The lowest BCUT2D eigenvalue weighted by Gasteiger charge is -2.41. The van der Waals surface area contributed by atoms with Crippen LogP contribution in [-0.4, -0.2) is 0 Å². The third-order valence-corrected chi connectivity index (χ3v) is 13.1. The lowest BCUT2D eigenvalue weighted by atomic mass is 9.64. The first-order chi connectivity index (χ1) is 27.3. The average Bonchev–Trinajstić information content (AvgIpc) is 3.83. The van der Waals surface area contributed by atoms with E-state index in [-0.39, 0.29) is 0 Å². The third kappa shape index (κ3) is 3.42. The van der Waals surface area contributed by atoms with Crippen molar-refractivity contribution in [1.82, 2.24) is 0 Å². The normalized spacial score (nSPS) is 16.7. The first kappa shape index (κ1) is 29.5. The second-order valence-corrected chi connectivity index (χ2v) is 15.4. The van der Waals surface area contributed by atoms with Crippen LogP contribution in [0.15, 0.2) is 194 Å². The van der Waals surface area contributed by atoms with Gasteiger partial charge in [-0.2, -0.15) is 0 Å². The van der Waals surface area contributed by atoms with Crippen molar-refractivity contribution in [2.45, 2.75) is 10.8 Å². The molecule has 55 heavy (non-hydrogen) atoms. The highest BCUT2D eigenvalue weighted by atomic mass is 16.5. The summed E-state index contributed by atoms with van der Waals surface area (Å²) in [5, 5.41) is 2.54. The Hall–Kier alpha value is -6.96. The van der Waals surface area contributed by atoms with Gasteiger partial charge in [0.25, 0.3) is 0 Å². The number of para-hydroxylation sites is 1. The molecule has 13 rings (SSSR count). The van der Waals surface area contributed by atoms with E-state index in [0.29, 0.717) is 0 Å². The zero-order chi connectivity index (χ0) is 35.9. The molecule has 0 aromatic heterocycles. The SMILES string of the molecule is c1ccc2c(c1)Oc1cccc(-c3cccc4c3-c3ccccc3C43c4ccccc4-c4cc5ccccc5cc43)c1C21c2ccccc2-c2ccccc21. The molecule has 0 fully saturated rings. The van der Waals surface area contributed by atoms with Crippen LogP contribution < -0.4 is 4.74 Å². The molecule has 1 nitrogen and oxygen atoms in total. The highest BCUT2D eigenvalue weighted by molar-refractivity contribution is 6.04. The molecule has 9 aromatic rings. The van der Waals surface area contributed by atoms with Crippen LogP contribution in [-0.2, 0) is 10.8 Å². The molecule has 0 saturated heterocycles. The quantitative estimate of drug-likeness (QED) is 0.166. The van der Waals surface area contributed by atoms with Gasteiger partial charge in [-0.15, -0.1) is 0 Å². The molecule has 0 radical (unpaired) electrons. The van der Waals surface area contributed by atoms with Gasteiger partial charge in [0.1, 0.15) is 11.5 Å². The summed E-state index contributed by atoms with van der Waals surface area (Å²) in [4.78, 5) is 0. The van der Waals surface area contributed by atoms with Crippen LogP contribution in [0.5, 0.6) is 11.5 Å². The first-order valence-electron chi connectivity index (χ1n) is 19.3. The van der Waals surface area contributed by atoms with Crippen LogP contribution in [0.2, 0.25) is 0 Å². The summed E-state index contributed by atoms with van der Waals surface area (Å²) < 4.78 is 6.97. The van der Waals surface area contributed by atoms with Gasteiger partial charge in [0.2, 0.25) is 0 Å². The van der Waals surface area contributed by atoms with Crippen molar-refractivity contribution < 1.29 is 4.74 Å². The zero-order valence-corrected chi connectivity index (χ0v) is 29.9. The lowest BCUT2D eigenvalue weighted by Crippen LogP contribution is -2.33. The van der Waals surface area contributed by atoms with Crippen molar-refractivity contribution in [2.75, 3.05) is 0 Å². The summed E-state index contributed by atoms with van der Waals surface area (Å²) in [6.45, 7) is 0. The van der Waals surface area contributed by atoms with Crippen LogP contribution in [0, 0.1) is 0 Å². The van der Waals surface area contributed by atoms with Crippen molar-refractivity contribution in [3.63, 3.8) is 0 Å². The molecule has 0 amide bonds. The molecule has 254 valence electrons. The summed E-state index contributed by atoms with van der Waals surface area (Å²) in [7, 11) is 0. The average molecular weight is 697 g/mol. The summed E-state index contributed by atoms with van der Waals surface area (Å²) in [6, 6.07) is 72.4. The zero-order valence-electron chi connectivity index (χ0n) is 29.9. The second kappa shape index (κ2) is 10.4. The predicted molar refractivity (Wildman–Crippen MR) is 223 cm³/mol. The standard InChI is InChI=1S/C54H32O/c1-2-16-34-32-48-41(31-33(34)15-1)37-19-5-7-23-42(37)53(48)45-26-10-6-20-40(45)51-38(21-13-28-47(51)53)39-22-14-30-50-52(39)54(46-27-11-12-29-49(46)55-50)43-24-8-3-17-35(43)36-18-4-9-25-44(36)54/h1-32H. The van der Waals surface area contributed by atoms with Gasteiger partial charge in [-0.05, 0) is 113 Å².